The molecule has 0 aromatic heterocycles. The Labute approximate surface area is 102 Å². The fourth-order valence-corrected chi connectivity index (χ4v) is 2.49. The quantitative estimate of drug-likeness (QED) is 0.744. The van der Waals surface area contributed by atoms with Gasteiger partial charge in [-0.2, -0.15) is 0 Å². The topological polar surface area (TPSA) is 64.8 Å². The molecule has 5 heteroatoms. The van der Waals surface area contributed by atoms with E-state index in [9.17, 15) is 4.79 Å². The second kappa shape index (κ2) is 4.46. The smallest absolute Gasteiger partial charge is 0.410 e. The van der Waals surface area contributed by atoms with Gasteiger partial charge in [0.25, 0.3) is 0 Å². The highest BCUT2D eigenvalue weighted by atomic mass is 16.6. The number of hydrogen-bond acceptors (Lipinski definition) is 4. The summed E-state index contributed by atoms with van der Waals surface area (Å²) in [6.07, 6.45) is 1.04. The van der Waals surface area contributed by atoms with Crippen molar-refractivity contribution in [2.24, 2.45) is 11.7 Å². The average Bonchev–Trinajstić information content (AvgIpc) is 2.70. The Bertz CT molecular complexity index is 287. The van der Waals surface area contributed by atoms with Crippen LogP contribution < -0.4 is 5.73 Å². The van der Waals surface area contributed by atoms with Crippen LogP contribution in [0.15, 0.2) is 0 Å². The van der Waals surface area contributed by atoms with Gasteiger partial charge in [-0.05, 0) is 27.2 Å². The first kappa shape index (κ1) is 12.6. The number of nitrogens with zero attached hydrogens (tertiary/aromatic N) is 1. The first-order valence-electron chi connectivity index (χ1n) is 6.22. The molecule has 98 valence electrons. The molecule has 2 saturated heterocycles. The number of carbonyl (C=O) groups is 1. The Balaban J connectivity index is 1.86. The van der Waals surface area contributed by atoms with Gasteiger partial charge in [0.2, 0.25) is 0 Å². The molecule has 0 unspecified atom stereocenters. The molecule has 0 aliphatic carbocycles. The van der Waals surface area contributed by atoms with Gasteiger partial charge in [-0.15, -0.1) is 0 Å². The first-order valence-corrected chi connectivity index (χ1v) is 6.22. The summed E-state index contributed by atoms with van der Waals surface area (Å²) in [4.78, 5) is 13.6. The van der Waals surface area contributed by atoms with Gasteiger partial charge in [0.05, 0.1) is 18.8 Å². The summed E-state index contributed by atoms with van der Waals surface area (Å²) in [6, 6.07) is 0. The molecule has 0 spiro atoms. The molecule has 3 atom stereocenters. The number of nitrogens with two attached hydrogens (primary N) is 1. The van der Waals surface area contributed by atoms with E-state index in [2.05, 4.69) is 0 Å². The van der Waals surface area contributed by atoms with Crippen molar-refractivity contribution in [3.8, 4) is 0 Å². The number of likely N-dealkylation sites (tertiary alicyclic amines) is 1. The van der Waals surface area contributed by atoms with Gasteiger partial charge in [0.15, 0.2) is 0 Å². The van der Waals surface area contributed by atoms with Gasteiger partial charge < -0.3 is 20.1 Å². The average molecular weight is 242 g/mol. The molecule has 2 heterocycles. The van der Waals surface area contributed by atoms with Crippen LogP contribution in [0.5, 0.6) is 0 Å². The summed E-state index contributed by atoms with van der Waals surface area (Å²) >= 11 is 0. The Hall–Kier alpha value is -0.810. The summed E-state index contributed by atoms with van der Waals surface area (Å²) in [5.74, 6) is 0.427. The third-order valence-electron chi connectivity index (χ3n) is 3.23. The van der Waals surface area contributed by atoms with E-state index in [1.807, 2.05) is 20.8 Å². The van der Waals surface area contributed by atoms with Gasteiger partial charge in [-0.3, -0.25) is 0 Å². The van der Waals surface area contributed by atoms with Crippen LogP contribution in [0.3, 0.4) is 0 Å². The van der Waals surface area contributed by atoms with Crippen molar-refractivity contribution in [3.63, 3.8) is 0 Å². The molecular formula is C12H22N2O3. The van der Waals surface area contributed by atoms with E-state index in [4.69, 9.17) is 15.2 Å². The SMILES string of the molecule is CC(C)(C)OC(=O)N1C[C@@H]2C[C@H](CN)O[C@@H]2C1. The largest absolute Gasteiger partial charge is 0.444 e. The molecule has 2 fully saturated rings. The number of fused-ring (bicyclic) bond motifs is 1. The molecule has 0 radical (unpaired) electrons. The highest BCUT2D eigenvalue weighted by molar-refractivity contribution is 5.68. The number of carbonyl (C=O) groups excluding carboxylic acids is 1. The molecule has 2 aliphatic rings. The van der Waals surface area contributed by atoms with E-state index in [1.165, 1.54) is 0 Å². The van der Waals surface area contributed by atoms with Crippen LogP contribution in [0, 0.1) is 5.92 Å². The van der Waals surface area contributed by atoms with Crippen molar-refractivity contribution in [1.29, 1.82) is 0 Å². The number of hydrogen-bond donors (Lipinski definition) is 1. The minimum absolute atomic E-state index is 0.149. The zero-order chi connectivity index (χ0) is 12.6. The highest BCUT2D eigenvalue weighted by Crippen LogP contribution is 2.33. The Morgan fingerprint density at radius 1 is 1.47 bits per heavy atom. The predicted octanol–water partition coefficient (Wildman–Crippen LogP) is 0.969. The summed E-state index contributed by atoms with van der Waals surface area (Å²) < 4.78 is 11.1. The molecular weight excluding hydrogens is 220 g/mol. The van der Waals surface area contributed by atoms with E-state index >= 15 is 0 Å². The van der Waals surface area contributed by atoms with Crippen LogP contribution in [0.4, 0.5) is 4.79 Å². The Morgan fingerprint density at radius 2 is 2.18 bits per heavy atom. The van der Waals surface area contributed by atoms with Gasteiger partial charge in [0.1, 0.15) is 5.60 Å². The summed E-state index contributed by atoms with van der Waals surface area (Å²) in [7, 11) is 0. The highest BCUT2D eigenvalue weighted by Gasteiger charge is 2.43. The lowest BCUT2D eigenvalue weighted by molar-refractivity contribution is 0.0149. The molecule has 2 rings (SSSR count). The monoisotopic (exact) mass is 242 g/mol. The molecule has 2 aliphatic heterocycles. The van der Waals surface area contributed by atoms with Crippen LogP contribution >= 0.6 is 0 Å². The molecule has 1 amide bonds. The van der Waals surface area contributed by atoms with Gasteiger partial charge in [-0.1, -0.05) is 0 Å². The lowest BCUT2D eigenvalue weighted by Crippen LogP contribution is -2.37. The molecule has 0 aromatic rings. The zero-order valence-electron chi connectivity index (χ0n) is 10.8. The molecule has 0 saturated carbocycles. The van der Waals surface area contributed by atoms with Crippen LogP contribution in [-0.4, -0.2) is 48.4 Å². The van der Waals surface area contributed by atoms with E-state index in [-0.39, 0.29) is 18.3 Å². The summed E-state index contributed by atoms with van der Waals surface area (Å²) in [5.41, 5.74) is 5.15. The summed E-state index contributed by atoms with van der Waals surface area (Å²) in [6.45, 7) is 7.57. The first-order chi connectivity index (χ1) is 7.89. The molecule has 2 N–H and O–H groups in total. The third-order valence-corrected chi connectivity index (χ3v) is 3.23. The lowest BCUT2D eigenvalue weighted by Gasteiger charge is -2.25. The molecule has 0 bridgehead atoms. The normalized spacial score (nSPS) is 32.7. The van der Waals surface area contributed by atoms with Crippen LogP contribution in [0.2, 0.25) is 0 Å². The number of ether oxygens (including phenoxy) is 2. The van der Waals surface area contributed by atoms with Crippen molar-refractivity contribution >= 4 is 6.09 Å². The maximum Gasteiger partial charge on any atom is 0.410 e. The van der Waals surface area contributed by atoms with Crippen molar-refractivity contribution in [2.45, 2.75) is 45.0 Å². The van der Waals surface area contributed by atoms with Crippen molar-refractivity contribution in [2.75, 3.05) is 19.6 Å². The van der Waals surface area contributed by atoms with E-state index in [0.717, 1.165) is 13.0 Å². The zero-order valence-corrected chi connectivity index (χ0v) is 10.8. The van der Waals surface area contributed by atoms with Crippen LogP contribution in [-0.2, 0) is 9.47 Å². The maximum absolute atomic E-state index is 11.9. The van der Waals surface area contributed by atoms with Crippen LogP contribution in [0.1, 0.15) is 27.2 Å². The minimum Gasteiger partial charge on any atom is -0.444 e. The predicted molar refractivity (Wildman–Crippen MR) is 63.6 cm³/mol. The molecule has 0 aromatic carbocycles. The van der Waals surface area contributed by atoms with Crippen molar-refractivity contribution in [1.82, 2.24) is 4.90 Å². The number of amides is 1. The maximum atomic E-state index is 11.9. The second-order valence-electron chi connectivity index (χ2n) is 5.91. The van der Waals surface area contributed by atoms with Gasteiger partial charge >= 0.3 is 6.09 Å². The van der Waals surface area contributed by atoms with E-state index < -0.39 is 5.60 Å². The fourth-order valence-electron chi connectivity index (χ4n) is 2.49. The third kappa shape index (κ3) is 2.90. The fraction of sp³-hybridized carbons (Fsp3) is 0.917. The van der Waals surface area contributed by atoms with E-state index in [0.29, 0.717) is 19.0 Å². The second-order valence-corrected chi connectivity index (χ2v) is 5.91. The number of rotatable bonds is 1. The van der Waals surface area contributed by atoms with E-state index in [1.54, 1.807) is 4.90 Å². The molecule has 17 heavy (non-hydrogen) atoms. The molecule has 5 nitrogen and oxygen atoms in total. The summed E-state index contributed by atoms with van der Waals surface area (Å²) in [5, 5.41) is 0. The van der Waals surface area contributed by atoms with Crippen molar-refractivity contribution < 1.29 is 14.3 Å². The Morgan fingerprint density at radius 3 is 2.71 bits per heavy atom. The Kier molecular flexibility index (Phi) is 3.32. The van der Waals surface area contributed by atoms with Crippen LogP contribution in [0.25, 0.3) is 0 Å². The lowest BCUT2D eigenvalue weighted by atomic mass is 10.0. The minimum atomic E-state index is -0.435. The van der Waals surface area contributed by atoms with Gasteiger partial charge in [0, 0.05) is 19.0 Å². The van der Waals surface area contributed by atoms with Gasteiger partial charge in [-0.25, -0.2) is 4.79 Å². The van der Waals surface area contributed by atoms with Crippen molar-refractivity contribution in [3.05, 3.63) is 0 Å². The standard InChI is InChI=1S/C12H22N2O3/c1-12(2,3)17-11(15)14-6-8-4-9(5-13)16-10(8)7-14/h8-10H,4-7,13H2,1-3H3/t8-,9+,10+/m0/s1.